The average molecular weight is 304 g/mol. The molecule has 0 spiro atoms. The summed E-state index contributed by atoms with van der Waals surface area (Å²) in [6.45, 7) is 2.11. The van der Waals surface area contributed by atoms with Crippen LogP contribution >= 0.6 is 11.3 Å². The lowest BCUT2D eigenvalue weighted by atomic mass is 10.1. The minimum Gasteiger partial charge on any atom is -0.320 e. The molecule has 7 heteroatoms. The quantitative estimate of drug-likeness (QED) is 0.847. The third-order valence-corrected chi connectivity index (χ3v) is 3.52. The first-order chi connectivity index (χ1) is 10.1. The molecule has 5 nitrogen and oxygen atoms in total. The van der Waals surface area contributed by atoms with Gasteiger partial charge in [-0.25, -0.2) is 4.39 Å². The van der Waals surface area contributed by atoms with Gasteiger partial charge in [0.25, 0.3) is 5.91 Å². The highest BCUT2D eigenvalue weighted by Gasteiger charge is 2.14. The lowest BCUT2D eigenvalue weighted by Gasteiger charge is -2.04. The van der Waals surface area contributed by atoms with Gasteiger partial charge in [-0.15, -0.1) is 10.2 Å². The van der Waals surface area contributed by atoms with Gasteiger partial charge in [0, 0.05) is 5.56 Å². The number of aromatic nitrogens is 2. The first-order valence-corrected chi connectivity index (χ1v) is 7.08. The molecule has 0 fully saturated rings. The topological polar surface area (TPSA) is 80.9 Å². The minimum atomic E-state index is -0.509. The van der Waals surface area contributed by atoms with E-state index >= 15 is 0 Å². The molecule has 2 aromatic rings. The Labute approximate surface area is 125 Å². The second kappa shape index (κ2) is 6.92. The Morgan fingerprint density at radius 1 is 1.48 bits per heavy atom. The second-order valence-corrected chi connectivity index (χ2v) is 5.07. The maximum Gasteiger partial charge on any atom is 0.258 e. The molecular weight excluding hydrogens is 291 g/mol. The molecule has 1 aromatic heterocycles. The molecule has 0 aliphatic carbocycles. The fraction of sp³-hybridized carbons (Fsp3) is 0.214. The number of anilines is 1. The van der Waals surface area contributed by atoms with Crippen molar-refractivity contribution < 1.29 is 9.18 Å². The number of halogens is 1. The monoisotopic (exact) mass is 304 g/mol. The van der Waals surface area contributed by atoms with Gasteiger partial charge in [-0.05, 0) is 24.6 Å². The summed E-state index contributed by atoms with van der Waals surface area (Å²) < 4.78 is 13.3. The van der Waals surface area contributed by atoms with Gasteiger partial charge in [0.05, 0.1) is 12.1 Å². The van der Waals surface area contributed by atoms with Gasteiger partial charge in [0.2, 0.25) is 5.13 Å². The van der Waals surface area contributed by atoms with Gasteiger partial charge in [-0.1, -0.05) is 30.1 Å². The minimum absolute atomic E-state index is 0.143. The Kier molecular flexibility index (Phi) is 4.98. The van der Waals surface area contributed by atoms with E-state index in [9.17, 15) is 9.18 Å². The van der Waals surface area contributed by atoms with Crippen molar-refractivity contribution in [2.75, 3.05) is 11.9 Å². The number of aryl methyl sites for hydroxylation is 1. The third kappa shape index (κ3) is 3.84. The van der Waals surface area contributed by atoms with Gasteiger partial charge in [0.1, 0.15) is 10.8 Å². The molecule has 108 valence electrons. The van der Waals surface area contributed by atoms with E-state index in [0.29, 0.717) is 10.7 Å². The molecule has 3 N–H and O–H groups in total. The van der Waals surface area contributed by atoms with Crippen LogP contribution in [0.25, 0.3) is 0 Å². The summed E-state index contributed by atoms with van der Waals surface area (Å²) in [6, 6.07) is 3.83. The van der Waals surface area contributed by atoms with Crippen molar-refractivity contribution in [1.29, 1.82) is 0 Å². The standard InChI is InChI=1S/C14H13FN4OS/c1-2-12-18-19-14(21-12)17-13(20)11-8-10(15)6-5-9(11)4-3-7-16/h5-6,8H,2,7,16H2,1H3,(H,17,19,20). The Morgan fingerprint density at radius 2 is 2.29 bits per heavy atom. The Morgan fingerprint density at radius 3 is 2.95 bits per heavy atom. The fourth-order valence-electron chi connectivity index (χ4n) is 1.57. The van der Waals surface area contributed by atoms with Crippen LogP contribution in [0.2, 0.25) is 0 Å². The summed E-state index contributed by atoms with van der Waals surface area (Å²) in [5.74, 6) is 4.41. The number of hydrogen-bond donors (Lipinski definition) is 2. The lowest BCUT2D eigenvalue weighted by molar-refractivity contribution is 0.102. The zero-order valence-electron chi connectivity index (χ0n) is 11.3. The van der Waals surface area contributed by atoms with Crippen molar-refractivity contribution in [3.63, 3.8) is 0 Å². The molecule has 2 rings (SSSR count). The largest absolute Gasteiger partial charge is 0.320 e. The molecule has 0 aliphatic rings. The zero-order chi connectivity index (χ0) is 15.2. The molecule has 0 atom stereocenters. The summed E-state index contributed by atoms with van der Waals surface area (Å²) in [5, 5.41) is 11.5. The van der Waals surface area contributed by atoms with E-state index in [1.165, 1.54) is 23.5 Å². The lowest BCUT2D eigenvalue weighted by Crippen LogP contribution is -2.14. The highest BCUT2D eigenvalue weighted by molar-refractivity contribution is 7.15. The third-order valence-electron chi connectivity index (χ3n) is 2.54. The van der Waals surface area contributed by atoms with E-state index < -0.39 is 11.7 Å². The van der Waals surface area contributed by atoms with E-state index in [-0.39, 0.29) is 12.1 Å². The molecule has 1 amide bonds. The fourth-order valence-corrected chi connectivity index (χ4v) is 2.25. The number of benzene rings is 1. The maximum absolute atomic E-state index is 13.3. The molecule has 0 saturated carbocycles. The van der Waals surface area contributed by atoms with E-state index in [4.69, 9.17) is 5.73 Å². The van der Waals surface area contributed by atoms with Crippen LogP contribution in [0.4, 0.5) is 9.52 Å². The van der Waals surface area contributed by atoms with Gasteiger partial charge >= 0.3 is 0 Å². The molecule has 21 heavy (non-hydrogen) atoms. The van der Waals surface area contributed by atoms with Crippen molar-refractivity contribution in [2.45, 2.75) is 13.3 Å². The van der Waals surface area contributed by atoms with E-state index in [0.717, 1.165) is 17.5 Å². The molecule has 1 aromatic carbocycles. The van der Waals surface area contributed by atoms with Gasteiger partial charge in [-0.2, -0.15) is 0 Å². The molecule has 0 radical (unpaired) electrons. The van der Waals surface area contributed by atoms with Crippen molar-refractivity contribution in [3.05, 3.63) is 40.2 Å². The van der Waals surface area contributed by atoms with Crippen LogP contribution in [0.1, 0.15) is 27.9 Å². The number of hydrogen-bond acceptors (Lipinski definition) is 5. The molecule has 0 unspecified atom stereocenters. The zero-order valence-corrected chi connectivity index (χ0v) is 12.1. The number of carbonyl (C=O) groups is 1. The van der Waals surface area contributed by atoms with Crippen LogP contribution in [-0.4, -0.2) is 22.6 Å². The molecule has 0 saturated heterocycles. The van der Waals surface area contributed by atoms with Crippen LogP contribution in [0.3, 0.4) is 0 Å². The molecule has 1 heterocycles. The number of nitrogens with zero attached hydrogens (tertiary/aromatic N) is 2. The van der Waals surface area contributed by atoms with Crippen molar-refractivity contribution in [3.8, 4) is 11.8 Å². The van der Waals surface area contributed by atoms with Gasteiger partial charge in [0.15, 0.2) is 0 Å². The molecule has 0 bridgehead atoms. The summed E-state index contributed by atoms with van der Waals surface area (Å²) in [4.78, 5) is 12.2. The summed E-state index contributed by atoms with van der Waals surface area (Å²) in [5.41, 5.74) is 5.87. The number of nitrogens with two attached hydrogens (primary N) is 1. The molecular formula is C14H13FN4OS. The summed E-state index contributed by atoms with van der Waals surface area (Å²) >= 11 is 1.28. The van der Waals surface area contributed by atoms with Gasteiger partial charge in [-0.3, -0.25) is 10.1 Å². The predicted molar refractivity (Wildman–Crippen MR) is 79.6 cm³/mol. The highest BCUT2D eigenvalue weighted by atomic mass is 32.1. The number of carbonyl (C=O) groups excluding carboxylic acids is 1. The second-order valence-electron chi connectivity index (χ2n) is 4.00. The highest BCUT2D eigenvalue weighted by Crippen LogP contribution is 2.18. The van der Waals surface area contributed by atoms with E-state index in [2.05, 4.69) is 27.4 Å². The average Bonchev–Trinajstić information content (AvgIpc) is 2.93. The summed E-state index contributed by atoms with van der Waals surface area (Å²) in [6.07, 6.45) is 0.737. The number of amides is 1. The summed E-state index contributed by atoms with van der Waals surface area (Å²) in [7, 11) is 0. The molecule has 0 aliphatic heterocycles. The first-order valence-electron chi connectivity index (χ1n) is 6.26. The normalized spacial score (nSPS) is 9.86. The predicted octanol–water partition coefficient (Wildman–Crippen LogP) is 1.80. The number of nitrogens with one attached hydrogen (secondary N) is 1. The SMILES string of the molecule is CCc1nnc(NC(=O)c2cc(F)ccc2C#CCN)s1. The van der Waals surface area contributed by atoms with E-state index in [1.807, 2.05) is 6.92 Å². The maximum atomic E-state index is 13.3. The van der Waals surface area contributed by atoms with Crippen LogP contribution in [0, 0.1) is 17.7 Å². The van der Waals surface area contributed by atoms with Crippen molar-refractivity contribution in [1.82, 2.24) is 10.2 Å². The van der Waals surface area contributed by atoms with Crippen LogP contribution in [-0.2, 0) is 6.42 Å². The van der Waals surface area contributed by atoms with Crippen molar-refractivity contribution in [2.24, 2.45) is 5.73 Å². The van der Waals surface area contributed by atoms with Crippen molar-refractivity contribution >= 4 is 22.4 Å². The Balaban J connectivity index is 2.27. The number of rotatable bonds is 3. The first kappa shape index (κ1) is 15.1. The van der Waals surface area contributed by atoms with E-state index in [1.54, 1.807) is 0 Å². The van der Waals surface area contributed by atoms with Crippen LogP contribution in [0.15, 0.2) is 18.2 Å². The smallest absolute Gasteiger partial charge is 0.258 e. The van der Waals surface area contributed by atoms with Gasteiger partial charge < -0.3 is 5.73 Å². The van der Waals surface area contributed by atoms with Crippen LogP contribution < -0.4 is 11.1 Å². The van der Waals surface area contributed by atoms with Crippen LogP contribution in [0.5, 0.6) is 0 Å². The Hall–Kier alpha value is -2.30. The Bertz CT molecular complexity index is 717.